The largest absolute Gasteiger partial charge is 0.370 e. The maximum Gasteiger partial charge on any atom is 0.312 e. The van der Waals surface area contributed by atoms with Gasteiger partial charge in [-0.1, -0.05) is 20.3 Å². The molecule has 0 aromatic carbocycles. The second-order valence-electron chi connectivity index (χ2n) is 10.9. The number of urea groups is 1. The predicted octanol–water partition coefficient (Wildman–Crippen LogP) is -2.55. The number of guanidine groups is 1. The molecule has 1 heterocycles. The van der Waals surface area contributed by atoms with Crippen LogP contribution < -0.4 is 38.1 Å². The molecule has 17 heteroatoms. The topological polar surface area (TPSA) is 259 Å². The predicted molar refractivity (Wildman–Crippen MR) is 164 cm³/mol. The lowest BCUT2D eigenvalue weighted by atomic mass is 9.91. The summed E-state index contributed by atoms with van der Waals surface area (Å²) in [6.07, 6.45) is 5.29. The minimum atomic E-state index is -1.07. The molecule has 44 heavy (non-hydrogen) atoms. The minimum Gasteiger partial charge on any atom is -0.370 e. The van der Waals surface area contributed by atoms with E-state index in [1.54, 1.807) is 13.8 Å². The molecule has 0 aromatic heterocycles. The number of nitrogens with two attached hydrogens (primary N) is 2. The highest BCUT2D eigenvalue weighted by Gasteiger charge is 2.30. The first-order valence-corrected chi connectivity index (χ1v) is 14.8. The van der Waals surface area contributed by atoms with Crippen molar-refractivity contribution < 1.29 is 33.6 Å². The molecule has 1 aliphatic heterocycles. The van der Waals surface area contributed by atoms with E-state index in [0.717, 1.165) is 4.90 Å². The molecule has 0 saturated carbocycles. The van der Waals surface area contributed by atoms with Crippen LogP contribution in [-0.2, 0) is 28.8 Å². The van der Waals surface area contributed by atoms with Crippen LogP contribution >= 0.6 is 0 Å². The quantitative estimate of drug-likeness (QED) is 0.0221. The summed E-state index contributed by atoms with van der Waals surface area (Å²) in [6, 6.07) is -3.59. The Balaban J connectivity index is 2.75. The zero-order valence-corrected chi connectivity index (χ0v) is 25.7. The third kappa shape index (κ3) is 14.6. The Kier molecular flexibility index (Phi) is 16.8. The lowest BCUT2D eigenvalue weighted by molar-refractivity contribution is -0.137. The van der Waals surface area contributed by atoms with Crippen molar-refractivity contribution in [3.8, 4) is 0 Å². The molecule has 244 valence electrons. The van der Waals surface area contributed by atoms with Gasteiger partial charge in [0.1, 0.15) is 17.8 Å². The number of rotatable bonds is 21. The van der Waals surface area contributed by atoms with Gasteiger partial charge in [-0.3, -0.25) is 34.3 Å². The summed E-state index contributed by atoms with van der Waals surface area (Å²) < 4.78 is 0. The van der Waals surface area contributed by atoms with Crippen molar-refractivity contribution in [3.05, 3.63) is 12.2 Å². The highest BCUT2D eigenvalue weighted by atomic mass is 16.2. The van der Waals surface area contributed by atoms with Gasteiger partial charge in [-0.2, -0.15) is 0 Å². The molecular formula is C27H46BN9O7. The van der Waals surface area contributed by atoms with E-state index in [4.69, 9.17) is 16.9 Å². The Bertz CT molecular complexity index is 1080. The Morgan fingerprint density at radius 3 is 1.93 bits per heavy atom. The summed E-state index contributed by atoms with van der Waals surface area (Å²) in [5, 5.41) is 20.3. The Labute approximate surface area is 258 Å². The molecule has 10 N–H and O–H groups in total. The second kappa shape index (κ2) is 19.7. The number of nitrogens with one attached hydrogen (secondary N) is 6. The molecule has 1 aliphatic rings. The number of unbranched alkanes of at least 4 members (excludes halogenated alkanes) is 2. The molecule has 16 nitrogen and oxygen atoms in total. The highest BCUT2D eigenvalue weighted by molar-refractivity contribution is 6.59. The molecule has 0 spiro atoms. The van der Waals surface area contributed by atoms with Crippen molar-refractivity contribution in [2.24, 2.45) is 17.4 Å². The van der Waals surface area contributed by atoms with E-state index in [9.17, 15) is 33.6 Å². The summed E-state index contributed by atoms with van der Waals surface area (Å²) >= 11 is 0. The van der Waals surface area contributed by atoms with Crippen molar-refractivity contribution in [3.63, 3.8) is 0 Å². The van der Waals surface area contributed by atoms with Gasteiger partial charge >= 0.3 is 6.03 Å². The van der Waals surface area contributed by atoms with Gasteiger partial charge < -0.3 is 42.8 Å². The first kappa shape index (κ1) is 37.6. The summed E-state index contributed by atoms with van der Waals surface area (Å²) in [5.41, 5.74) is 10.1. The number of primary amides is 1. The first-order valence-electron chi connectivity index (χ1n) is 14.8. The zero-order chi connectivity index (χ0) is 33.2. The third-order valence-corrected chi connectivity index (χ3v) is 6.85. The number of hydrogen-bond donors (Lipinski definition) is 8. The normalized spacial score (nSPS) is 14.5. The van der Waals surface area contributed by atoms with Crippen molar-refractivity contribution in [1.29, 1.82) is 5.41 Å². The number of carbonyl (C=O) groups is 7. The Morgan fingerprint density at radius 1 is 0.818 bits per heavy atom. The lowest BCUT2D eigenvalue weighted by Gasteiger charge is -2.26. The molecule has 0 fully saturated rings. The van der Waals surface area contributed by atoms with Gasteiger partial charge in [-0.15, -0.1) is 0 Å². The number of imide groups is 1. The summed E-state index contributed by atoms with van der Waals surface area (Å²) in [7, 11) is 1.33. The van der Waals surface area contributed by atoms with Gasteiger partial charge in [0, 0.05) is 38.2 Å². The lowest BCUT2D eigenvalue weighted by Crippen LogP contribution is -2.57. The molecule has 1 rings (SSSR count). The molecule has 7 amide bonds. The van der Waals surface area contributed by atoms with E-state index in [1.165, 1.54) is 20.0 Å². The van der Waals surface area contributed by atoms with Gasteiger partial charge in [0.15, 0.2) is 13.8 Å². The number of carbonyl (C=O) groups excluding carboxylic acids is 7. The first-order chi connectivity index (χ1) is 20.7. The third-order valence-electron chi connectivity index (χ3n) is 6.85. The zero-order valence-electron chi connectivity index (χ0n) is 25.7. The number of nitrogens with zero attached hydrogens (tertiary/aromatic N) is 1. The minimum absolute atomic E-state index is 0.116. The molecule has 0 bridgehead atoms. The maximum absolute atomic E-state index is 13.3. The fourth-order valence-corrected chi connectivity index (χ4v) is 4.39. The molecule has 1 unspecified atom stereocenters. The van der Waals surface area contributed by atoms with Crippen LogP contribution in [0.25, 0.3) is 0 Å². The van der Waals surface area contributed by atoms with Crippen molar-refractivity contribution in [2.75, 3.05) is 19.6 Å². The van der Waals surface area contributed by atoms with Gasteiger partial charge in [0.2, 0.25) is 17.7 Å². The molecule has 0 aliphatic carbocycles. The van der Waals surface area contributed by atoms with E-state index in [-0.39, 0.29) is 74.1 Å². The van der Waals surface area contributed by atoms with E-state index in [0.29, 0.717) is 32.2 Å². The molecular weight excluding hydrogens is 573 g/mol. The molecule has 0 saturated heterocycles. The van der Waals surface area contributed by atoms with E-state index >= 15 is 0 Å². The Hall–Kier alpha value is -4.44. The number of amides is 7. The van der Waals surface area contributed by atoms with Crippen LogP contribution in [-0.4, -0.2) is 97.7 Å². The smallest absolute Gasteiger partial charge is 0.312 e. The maximum atomic E-state index is 13.3. The summed E-state index contributed by atoms with van der Waals surface area (Å²) in [4.78, 5) is 86.8. The second-order valence-corrected chi connectivity index (χ2v) is 10.9. The monoisotopic (exact) mass is 619 g/mol. The van der Waals surface area contributed by atoms with Crippen LogP contribution in [0.15, 0.2) is 12.2 Å². The average molecular weight is 620 g/mol. The van der Waals surface area contributed by atoms with E-state index in [1.807, 2.05) is 0 Å². The summed E-state index contributed by atoms with van der Waals surface area (Å²) in [5.74, 6) is -2.79. The highest BCUT2D eigenvalue weighted by Crippen LogP contribution is 2.10. The van der Waals surface area contributed by atoms with E-state index < -0.39 is 36.0 Å². The van der Waals surface area contributed by atoms with Crippen molar-refractivity contribution in [2.45, 2.75) is 83.3 Å². The average Bonchev–Trinajstić information content (AvgIpc) is 3.26. The fourth-order valence-electron chi connectivity index (χ4n) is 4.39. The van der Waals surface area contributed by atoms with Crippen LogP contribution in [0.5, 0.6) is 0 Å². The van der Waals surface area contributed by atoms with Crippen LogP contribution in [0, 0.1) is 11.3 Å². The standard InChI is InChI=1S/C27H46BN9O7/c1-16(2)22(36-19(38)10-4-3-5-15-37-20(39)11-12-21(37)40)25(43)35-18(9-7-14-33-27(31)44)24(42)34-17(23(28)41)8-6-13-32-26(29)30/h11-12,16-18,22H,3-10,13-15,28H2,1-2H3,(H,34,42)(H,35,43)(H,36,38)(H4,29,30,32)(H3,31,33,44)/t17-,18-,22?/m0/s1. The molecule has 3 atom stereocenters. The Morgan fingerprint density at radius 2 is 1.39 bits per heavy atom. The van der Waals surface area contributed by atoms with Crippen molar-refractivity contribution >= 4 is 55.1 Å². The van der Waals surface area contributed by atoms with Crippen LogP contribution in [0.1, 0.15) is 65.2 Å². The van der Waals surface area contributed by atoms with Gasteiger partial charge in [0.05, 0.1) is 6.04 Å². The van der Waals surface area contributed by atoms with Gasteiger partial charge in [-0.05, 0) is 44.4 Å². The summed E-state index contributed by atoms with van der Waals surface area (Å²) in [6.45, 7) is 4.24. The van der Waals surface area contributed by atoms with Crippen LogP contribution in [0.2, 0.25) is 0 Å². The van der Waals surface area contributed by atoms with Gasteiger partial charge in [0.25, 0.3) is 11.8 Å². The van der Waals surface area contributed by atoms with E-state index in [2.05, 4.69) is 26.6 Å². The van der Waals surface area contributed by atoms with Crippen LogP contribution in [0.3, 0.4) is 0 Å². The SMILES string of the molecule is BC(=O)[C@H](CCCNC(=N)N)NC(=O)[C@H](CCCNC(N)=O)NC(=O)C(NC(=O)CCCCCN1C(=O)C=CC1=O)C(C)C. The number of hydrogen-bond acceptors (Lipinski definition) is 8. The molecule has 0 aromatic rings. The fraction of sp³-hybridized carbons (Fsp3) is 0.630. The van der Waals surface area contributed by atoms with Gasteiger partial charge in [-0.25, -0.2) is 4.79 Å². The molecule has 0 radical (unpaired) electrons. The van der Waals surface area contributed by atoms with Crippen LogP contribution in [0.4, 0.5) is 4.79 Å². The van der Waals surface area contributed by atoms with Crippen molar-refractivity contribution in [1.82, 2.24) is 31.5 Å².